The van der Waals surface area contributed by atoms with Crippen LogP contribution in [0.1, 0.15) is 5.56 Å². The van der Waals surface area contributed by atoms with Crippen LogP contribution in [0, 0.1) is 11.6 Å². The fourth-order valence-corrected chi connectivity index (χ4v) is 12.9. The summed E-state index contributed by atoms with van der Waals surface area (Å²) in [5.74, 6) is -2.28. The molecule has 0 atom stereocenters. The highest BCUT2D eigenvalue weighted by Gasteiger charge is 2.38. The van der Waals surface area contributed by atoms with Crippen molar-refractivity contribution in [3.63, 3.8) is 0 Å². The molecular formula is C81H49F5N6. The van der Waals surface area contributed by atoms with Crippen molar-refractivity contribution in [3.05, 3.63) is 315 Å². The quantitative estimate of drug-likeness (QED) is 0.121. The van der Waals surface area contributed by atoms with Crippen LogP contribution in [0.3, 0.4) is 0 Å². The summed E-state index contributed by atoms with van der Waals surface area (Å²) in [7, 11) is 0. The molecule has 16 aromatic rings. The first-order chi connectivity index (χ1) is 45.1. The van der Waals surface area contributed by atoms with Crippen molar-refractivity contribution >= 4 is 43.6 Å². The number of hydrogen-bond acceptors (Lipinski definition) is 4. The third kappa shape index (κ3) is 9.93. The van der Waals surface area contributed by atoms with E-state index in [1.54, 1.807) is 24.8 Å². The van der Waals surface area contributed by atoms with Gasteiger partial charge >= 0.3 is 6.18 Å². The molecule has 0 saturated carbocycles. The number of halogens is 5. The molecule has 0 aliphatic heterocycles. The maximum Gasteiger partial charge on any atom is 0.417 e. The summed E-state index contributed by atoms with van der Waals surface area (Å²) in [5, 5.41) is 3.04. The Bertz CT molecular complexity index is 5230. The number of fused-ring (bicyclic) bond motifs is 6. The van der Waals surface area contributed by atoms with Crippen molar-refractivity contribution in [2.24, 2.45) is 0 Å². The Morgan fingerprint density at radius 1 is 0.261 bits per heavy atom. The minimum absolute atomic E-state index is 0.110. The SMILES string of the molecule is Fc1cccc(F)c1-c1cc(-n2c3ccc(-c4ccnc(-c5ccccc5)c4)cc3c3cc(-c4ccnc(-c5ccccc5)c4)ccc32)c(-n2c3ccc(-c4ccnc(-c5ccccc5)c4)cc3c3cc(-c4ccnc(-c5ccccc5)c4)ccc32)cc1C(F)(F)F. The van der Waals surface area contributed by atoms with Gasteiger partial charge in [-0.1, -0.05) is 152 Å². The van der Waals surface area contributed by atoms with E-state index in [-0.39, 0.29) is 11.4 Å². The first kappa shape index (κ1) is 55.4. The Morgan fingerprint density at radius 2 is 0.543 bits per heavy atom. The largest absolute Gasteiger partial charge is 0.417 e. The van der Waals surface area contributed by atoms with Gasteiger partial charge in [0.15, 0.2) is 0 Å². The lowest BCUT2D eigenvalue weighted by Crippen LogP contribution is -2.13. The molecule has 0 radical (unpaired) electrons. The van der Waals surface area contributed by atoms with Crippen LogP contribution in [0.15, 0.2) is 298 Å². The highest BCUT2D eigenvalue weighted by molar-refractivity contribution is 6.14. The van der Waals surface area contributed by atoms with E-state index in [2.05, 4.69) is 24.3 Å². The molecule has 0 aliphatic rings. The molecule has 16 rings (SSSR count). The van der Waals surface area contributed by atoms with Crippen LogP contribution in [-0.2, 0) is 6.18 Å². The molecule has 0 fully saturated rings. The molecule has 6 aromatic heterocycles. The lowest BCUT2D eigenvalue weighted by Gasteiger charge is -2.22. The Morgan fingerprint density at radius 3 is 0.837 bits per heavy atom. The number of alkyl halides is 3. The molecule has 0 amide bonds. The number of hydrogen-bond donors (Lipinski definition) is 0. The van der Waals surface area contributed by atoms with Crippen LogP contribution in [0.5, 0.6) is 0 Å². The van der Waals surface area contributed by atoms with Gasteiger partial charge in [0.05, 0.1) is 67.3 Å². The Balaban J connectivity index is 0.990. The van der Waals surface area contributed by atoms with Crippen molar-refractivity contribution in [2.45, 2.75) is 6.18 Å². The number of pyridine rings is 4. The Kier molecular flexibility index (Phi) is 13.6. The minimum atomic E-state index is -5.11. The summed E-state index contributed by atoms with van der Waals surface area (Å²) in [5.41, 5.74) is 13.9. The van der Waals surface area contributed by atoms with Crippen LogP contribution in [-0.4, -0.2) is 29.1 Å². The zero-order valence-electron chi connectivity index (χ0n) is 48.9. The smallest absolute Gasteiger partial charge is 0.307 e. The molecule has 92 heavy (non-hydrogen) atoms. The highest BCUT2D eigenvalue weighted by Crippen LogP contribution is 2.48. The van der Waals surface area contributed by atoms with Gasteiger partial charge in [-0.3, -0.25) is 19.9 Å². The molecule has 0 N–H and O–H groups in total. The van der Waals surface area contributed by atoms with Crippen molar-refractivity contribution in [1.82, 2.24) is 29.1 Å². The van der Waals surface area contributed by atoms with Gasteiger partial charge in [-0.25, -0.2) is 8.78 Å². The van der Waals surface area contributed by atoms with E-state index in [0.717, 1.165) is 135 Å². The predicted octanol–water partition coefficient (Wildman–Crippen LogP) is 21.8. The van der Waals surface area contributed by atoms with E-state index in [4.69, 9.17) is 19.9 Å². The Hall–Kier alpha value is -12.0. The molecule has 6 nitrogen and oxygen atoms in total. The summed E-state index contributed by atoms with van der Waals surface area (Å²) in [6.45, 7) is 0. The van der Waals surface area contributed by atoms with Gasteiger partial charge in [0.1, 0.15) is 11.6 Å². The molecular weight excluding hydrogens is 1150 g/mol. The summed E-state index contributed by atoms with van der Waals surface area (Å²) in [6, 6.07) is 85.2. The normalized spacial score (nSPS) is 11.8. The molecule has 0 spiro atoms. The maximum atomic E-state index is 16.5. The average Bonchev–Trinajstić information content (AvgIpc) is 1.52. The third-order valence-corrected chi connectivity index (χ3v) is 17.3. The van der Waals surface area contributed by atoms with Gasteiger partial charge in [0.2, 0.25) is 0 Å². The minimum Gasteiger partial charge on any atom is -0.307 e. The zero-order valence-corrected chi connectivity index (χ0v) is 48.9. The van der Waals surface area contributed by atoms with Crippen LogP contribution in [0.4, 0.5) is 22.0 Å². The van der Waals surface area contributed by atoms with Gasteiger partial charge < -0.3 is 9.13 Å². The first-order valence-corrected chi connectivity index (χ1v) is 30.0. The number of aromatic nitrogens is 6. The van der Waals surface area contributed by atoms with E-state index in [1.165, 1.54) is 6.07 Å². The zero-order chi connectivity index (χ0) is 62.0. The van der Waals surface area contributed by atoms with Gasteiger partial charge in [-0.15, -0.1) is 0 Å². The summed E-state index contributed by atoms with van der Waals surface area (Å²) >= 11 is 0. The number of benzene rings is 10. The number of rotatable bonds is 11. The maximum absolute atomic E-state index is 16.5. The summed E-state index contributed by atoms with van der Waals surface area (Å²) < 4.78 is 86.1. The topological polar surface area (TPSA) is 61.4 Å². The van der Waals surface area contributed by atoms with Crippen LogP contribution in [0.2, 0.25) is 0 Å². The molecule has 0 aliphatic carbocycles. The standard InChI is InChI=1S/C81H49F5N6/c82-68-22-13-23-69(83)80(68)66-48-78(91-74-28-24-54(58-32-36-87-70(44-58)50-14-5-1-6-15-50)40-62(74)63-41-55(25-29-75(63)91)59-33-37-88-71(45-59)51-16-7-2-8-17-51)79(49-67(66)81(84,85)86)92-76-30-26-56(60-34-38-89-72(46-60)52-18-9-3-10-19-52)42-64(76)65-43-57(27-31-77(65)92)61-35-39-90-73(47-61)53-20-11-4-12-21-53/h1-49H. The van der Waals surface area contributed by atoms with Crippen molar-refractivity contribution < 1.29 is 22.0 Å². The monoisotopic (exact) mass is 1200 g/mol. The van der Waals surface area contributed by atoms with Gasteiger partial charge in [-0.05, 0) is 166 Å². The van der Waals surface area contributed by atoms with Crippen molar-refractivity contribution in [3.8, 4) is 112 Å². The second kappa shape index (κ2) is 22.6. The lowest BCUT2D eigenvalue weighted by atomic mass is 9.96. The lowest BCUT2D eigenvalue weighted by molar-refractivity contribution is -0.137. The van der Waals surface area contributed by atoms with Gasteiger partial charge in [-0.2, -0.15) is 13.2 Å². The second-order valence-corrected chi connectivity index (χ2v) is 22.8. The van der Waals surface area contributed by atoms with E-state index in [1.807, 2.05) is 228 Å². The fourth-order valence-electron chi connectivity index (χ4n) is 12.9. The van der Waals surface area contributed by atoms with Crippen molar-refractivity contribution in [2.75, 3.05) is 0 Å². The van der Waals surface area contributed by atoms with Crippen LogP contribution >= 0.6 is 0 Å². The molecule has 10 aromatic carbocycles. The summed E-state index contributed by atoms with van der Waals surface area (Å²) in [6.07, 6.45) is 2.01. The van der Waals surface area contributed by atoms with Crippen molar-refractivity contribution in [1.29, 1.82) is 0 Å². The molecule has 0 saturated heterocycles. The number of nitrogens with zero attached hydrogens (tertiary/aromatic N) is 6. The van der Waals surface area contributed by atoms with E-state index in [9.17, 15) is 0 Å². The molecule has 0 bridgehead atoms. The predicted molar refractivity (Wildman–Crippen MR) is 360 cm³/mol. The average molecular weight is 1200 g/mol. The fraction of sp³-hybridized carbons (Fsp3) is 0.0123. The molecule has 438 valence electrons. The highest BCUT2D eigenvalue weighted by atomic mass is 19.4. The first-order valence-electron chi connectivity index (χ1n) is 30.0. The van der Waals surface area contributed by atoms with Gasteiger partial charge in [0, 0.05) is 74.1 Å². The third-order valence-electron chi connectivity index (χ3n) is 17.3. The van der Waals surface area contributed by atoms with Crippen LogP contribution < -0.4 is 0 Å². The van der Waals surface area contributed by atoms with Crippen LogP contribution in [0.25, 0.3) is 156 Å². The molecule has 11 heteroatoms. The summed E-state index contributed by atoms with van der Waals surface area (Å²) in [4.78, 5) is 18.9. The van der Waals surface area contributed by atoms with E-state index in [0.29, 0.717) is 22.1 Å². The molecule has 6 heterocycles. The van der Waals surface area contributed by atoms with E-state index < -0.39 is 34.5 Å². The molecule has 0 unspecified atom stereocenters. The Labute approximate surface area is 525 Å². The van der Waals surface area contributed by atoms with Gasteiger partial charge in [0.25, 0.3) is 0 Å². The second-order valence-electron chi connectivity index (χ2n) is 22.8. The van der Waals surface area contributed by atoms with E-state index >= 15 is 22.0 Å².